The van der Waals surface area contributed by atoms with Crippen LogP contribution >= 0.6 is 0 Å². The predicted octanol–water partition coefficient (Wildman–Crippen LogP) is 2.08. The maximum atomic E-state index is 5.60. The number of nitrogens with two attached hydrogens (primary N) is 1. The Labute approximate surface area is 57.9 Å². The Kier molecular flexibility index (Phi) is 5.64. The third-order valence-corrected chi connectivity index (χ3v) is 1.44. The Bertz CT molecular complexity index is 69.0. The van der Waals surface area contributed by atoms with Crippen molar-refractivity contribution in [3.8, 4) is 0 Å². The summed E-state index contributed by atoms with van der Waals surface area (Å²) in [5.74, 6) is 0. The van der Waals surface area contributed by atoms with Crippen molar-refractivity contribution >= 4 is 0 Å². The van der Waals surface area contributed by atoms with Crippen molar-refractivity contribution in [2.24, 2.45) is 5.73 Å². The molecule has 0 radical (unpaired) electrons. The van der Waals surface area contributed by atoms with Crippen molar-refractivity contribution in [2.45, 2.75) is 38.6 Å². The van der Waals surface area contributed by atoms with Crippen LogP contribution in [0.1, 0.15) is 32.6 Å². The summed E-state index contributed by atoms with van der Waals surface area (Å²) < 4.78 is 0. The topological polar surface area (TPSA) is 26.0 Å². The van der Waals surface area contributed by atoms with Crippen molar-refractivity contribution in [2.75, 3.05) is 0 Å². The molecule has 1 nitrogen and oxygen atoms in total. The van der Waals surface area contributed by atoms with Crippen molar-refractivity contribution in [1.82, 2.24) is 0 Å². The van der Waals surface area contributed by atoms with Crippen LogP contribution in [0.4, 0.5) is 0 Å². The lowest BCUT2D eigenvalue weighted by Gasteiger charge is -2.02. The third-order valence-electron chi connectivity index (χ3n) is 1.44. The molecule has 0 aromatic carbocycles. The molecule has 0 saturated carbocycles. The first-order chi connectivity index (χ1) is 4.31. The van der Waals surface area contributed by atoms with Gasteiger partial charge in [-0.05, 0) is 6.42 Å². The molecule has 0 aromatic rings. The van der Waals surface area contributed by atoms with Gasteiger partial charge in [-0.15, -0.1) is 6.58 Å². The Hall–Kier alpha value is -0.300. The standard InChI is InChI=1S/C8H17N/c1-3-5-6-7-8(9)4-2/h4,8H,2-3,5-7,9H2,1H3/t8-/m1/s1. The predicted molar refractivity (Wildman–Crippen MR) is 42.3 cm³/mol. The molecule has 0 aliphatic rings. The minimum atomic E-state index is 0.219. The van der Waals surface area contributed by atoms with E-state index >= 15 is 0 Å². The molecule has 0 saturated heterocycles. The molecule has 0 aromatic heterocycles. The fourth-order valence-electron chi connectivity index (χ4n) is 0.748. The number of unbranched alkanes of at least 4 members (excludes halogenated alkanes) is 2. The van der Waals surface area contributed by atoms with Crippen LogP contribution in [0.5, 0.6) is 0 Å². The van der Waals surface area contributed by atoms with Gasteiger partial charge < -0.3 is 5.73 Å². The highest BCUT2D eigenvalue weighted by Crippen LogP contribution is 2.01. The SMILES string of the molecule is C=C[C@@H](N)CCCCC. The maximum absolute atomic E-state index is 5.60. The highest BCUT2D eigenvalue weighted by molar-refractivity contribution is 4.81. The van der Waals surface area contributed by atoms with Crippen LogP contribution in [0.25, 0.3) is 0 Å². The van der Waals surface area contributed by atoms with Gasteiger partial charge in [0.15, 0.2) is 0 Å². The Morgan fingerprint density at radius 3 is 2.67 bits per heavy atom. The second-order valence-corrected chi connectivity index (χ2v) is 2.40. The van der Waals surface area contributed by atoms with Gasteiger partial charge in [0, 0.05) is 6.04 Å². The van der Waals surface area contributed by atoms with Gasteiger partial charge in [-0.1, -0.05) is 32.3 Å². The molecule has 9 heavy (non-hydrogen) atoms. The first-order valence-corrected chi connectivity index (χ1v) is 3.69. The molecule has 0 unspecified atom stereocenters. The van der Waals surface area contributed by atoms with Crippen molar-refractivity contribution in [1.29, 1.82) is 0 Å². The van der Waals surface area contributed by atoms with Crippen LogP contribution in [-0.4, -0.2) is 6.04 Å². The second kappa shape index (κ2) is 5.83. The summed E-state index contributed by atoms with van der Waals surface area (Å²) in [6, 6.07) is 0.219. The van der Waals surface area contributed by atoms with Gasteiger partial charge >= 0.3 is 0 Å². The molecule has 54 valence electrons. The Morgan fingerprint density at radius 1 is 1.56 bits per heavy atom. The summed E-state index contributed by atoms with van der Waals surface area (Å²) in [6.45, 7) is 5.81. The normalized spacial score (nSPS) is 13.1. The summed E-state index contributed by atoms with van der Waals surface area (Å²) >= 11 is 0. The third kappa shape index (κ3) is 5.57. The molecule has 1 atom stereocenters. The van der Waals surface area contributed by atoms with Crippen molar-refractivity contribution in [3.63, 3.8) is 0 Å². The van der Waals surface area contributed by atoms with E-state index in [-0.39, 0.29) is 6.04 Å². The lowest BCUT2D eigenvalue weighted by Crippen LogP contribution is -2.15. The first kappa shape index (κ1) is 8.70. The van der Waals surface area contributed by atoms with Gasteiger partial charge in [-0.25, -0.2) is 0 Å². The summed E-state index contributed by atoms with van der Waals surface area (Å²) in [5.41, 5.74) is 5.60. The summed E-state index contributed by atoms with van der Waals surface area (Å²) in [5, 5.41) is 0. The van der Waals surface area contributed by atoms with Crippen LogP contribution in [0.15, 0.2) is 12.7 Å². The van der Waals surface area contributed by atoms with Crippen LogP contribution in [0.3, 0.4) is 0 Å². The molecular weight excluding hydrogens is 110 g/mol. The van der Waals surface area contributed by atoms with E-state index in [1.54, 1.807) is 0 Å². The average Bonchev–Trinajstić information content (AvgIpc) is 1.89. The highest BCUT2D eigenvalue weighted by Gasteiger charge is 1.93. The quantitative estimate of drug-likeness (QED) is 0.444. The van der Waals surface area contributed by atoms with E-state index in [0.29, 0.717) is 0 Å². The molecule has 0 aliphatic heterocycles. The largest absolute Gasteiger partial charge is 0.324 e. The summed E-state index contributed by atoms with van der Waals surface area (Å²) in [7, 11) is 0. The minimum absolute atomic E-state index is 0.219. The van der Waals surface area contributed by atoms with E-state index in [9.17, 15) is 0 Å². The molecule has 0 rings (SSSR count). The minimum Gasteiger partial charge on any atom is -0.324 e. The van der Waals surface area contributed by atoms with Gasteiger partial charge in [-0.2, -0.15) is 0 Å². The highest BCUT2D eigenvalue weighted by atomic mass is 14.6. The molecule has 0 bridgehead atoms. The summed E-state index contributed by atoms with van der Waals surface area (Å²) in [6.07, 6.45) is 6.71. The molecule has 0 spiro atoms. The van der Waals surface area contributed by atoms with Gasteiger partial charge in [-0.3, -0.25) is 0 Å². The van der Waals surface area contributed by atoms with Crippen LogP contribution < -0.4 is 5.73 Å². The lowest BCUT2D eigenvalue weighted by atomic mass is 10.1. The molecule has 0 fully saturated rings. The zero-order valence-electron chi connectivity index (χ0n) is 6.27. The van der Waals surface area contributed by atoms with E-state index in [1.165, 1.54) is 19.3 Å². The van der Waals surface area contributed by atoms with E-state index in [0.717, 1.165) is 6.42 Å². The first-order valence-electron chi connectivity index (χ1n) is 3.69. The van der Waals surface area contributed by atoms with Gasteiger partial charge in [0.25, 0.3) is 0 Å². The number of rotatable bonds is 5. The van der Waals surface area contributed by atoms with E-state index in [1.807, 2.05) is 6.08 Å². The molecule has 1 heteroatoms. The average molecular weight is 127 g/mol. The molecule has 2 N–H and O–H groups in total. The van der Waals surface area contributed by atoms with Crippen LogP contribution in [-0.2, 0) is 0 Å². The lowest BCUT2D eigenvalue weighted by molar-refractivity contribution is 0.623. The van der Waals surface area contributed by atoms with E-state index < -0.39 is 0 Å². The summed E-state index contributed by atoms with van der Waals surface area (Å²) in [4.78, 5) is 0. The van der Waals surface area contributed by atoms with Crippen LogP contribution in [0.2, 0.25) is 0 Å². The van der Waals surface area contributed by atoms with Crippen LogP contribution in [0, 0.1) is 0 Å². The number of hydrogen-bond donors (Lipinski definition) is 1. The molecule has 0 aliphatic carbocycles. The van der Waals surface area contributed by atoms with Crippen molar-refractivity contribution < 1.29 is 0 Å². The van der Waals surface area contributed by atoms with Gasteiger partial charge in [0.2, 0.25) is 0 Å². The molecule has 0 amide bonds. The second-order valence-electron chi connectivity index (χ2n) is 2.40. The zero-order chi connectivity index (χ0) is 7.11. The Balaban J connectivity index is 2.96. The van der Waals surface area contributed by atoms with Gasteiger partial charge in [0.1, 0.15) is 0 Å². The fourth-order valence-corrected chi connectivity index (χ4v) is 0.748. The van der Waals surface area contributed by atoms with Gasteiger partial charge in [0.05, 0.1) is 0 Å². The monoisotopic (exact) mass is 127 g/mol. The maximum Gasteiger partial charge on any atom is 0.0221 e. The fraction of sp³-hybridized carbons (Fsp3) is 0.750. The number of hydrogen-bond acceptors (Lipinski definition) is 1. The smallest absolute Gasteiger partial charge is 0.0221 e. The van der Waals surface area contributed by atoms with Crippen molar-refractivity contribution in [3.05, 3.63) is 12.7 Å². The van der Waals surface area contributed by atoms with E-state index in [4.69, 9.17) is 5.73 Å². The molecular formula is C8H17N. The zero-order valence-corrected chi connectivity index (χ0v) is 6.27. The van der Waals surface area contributed by atoms with E-state index in [2.05, 4.69) is 13.5 Å². The molecule has 0 heterocycles. The Morgan fingerprint density at radius 2 is 2.22 bits per heavy atom.